The highest BCUT2D eigenvalue weighted by atomic mass is 31.2. The van der Waals surface area contributed by atoms with Crippen LogP contribution >= 0.6 is 7.82 Å². The number of rotatable bonds is 46. The average molecular weight is 908 g/mol. The van der Waals surface area contributed by atoms with Crippen molar-refractivity contribution in [2.24, 2.45) is 0 Å². The van der Waals surface area contributed by atoms with E-state index >= 15 is 0 Å². The summed E-state index contributed by atoms with van der Waals surface area (Å²) in [4.78, 5) is 49.4. The van der Waals surface area contributed by atoms with Gasteiger partial charge in [-0.3, -0.25) is 18.9 Å². The molecule has 0 saturated carbocycles. The molecule has 0 fully saturated rings. The van der Waals surface area contributed by atoms with E-state index in [-0.39, 0.29) is 31.8 Å². The first-order chi connectivity index (χ1) is 30.4. The molecule has 0 aliphatic heterocycles. The van der Waals surface area contributed by atoms with Gasteiger partial charge in [-0.15, -0.1) is 0 Å². The lowest BCUT2D eigenvalue weighted by atomic mass is 10.0. The van der Waals surface area contributed by atoms with Crippen LogP contribution in [0.5, 0.6) is 0 Å². The lowest BCUT2D eigenvalue weighted by molar-refractivity contribution is -0.870. The van der Waals surface area contributed by atoms with Crippen LogP contribution in [0.1, 0.15) is 213 Å². The third kappa shape index (κ3) is 47.4. The van der Waals surface area contributed by atoms with Gasteiger partial charge in [-0.05, 0) is 44.6 Å². The molecule has 63 heavy (non-hydrogen) atoms. The highest BCUT2D eigenvalue weighted by Crippen LogP contribution is 2.38. The monoisotopic (exact) mass is 908 g/mol. The molecule has 0 aromatic carbocycles. The Morgan fingerprint density at radius 2 is 1.00 bits per heavy atom. The third-order valence-corrected chi connectivity index (χ3v) is 11.8. The largest absolute Gasteiger partial charge is 0.756 e. The van der Waals surface area contributed by atoms with Crippen molar-refractivity contribution in [1.82, 2.24) is 0 Å². The summed E-state index contributed by atoms with van der Waals surface area (Å²) >= 11 is 0. The number of carbonyl (C=O) groups excluding carboxylic acids is 3. The van der Waals surface area contributed by atoms with E-state index in [9.17, 15) is 23.8 Å². The number of carbonyl (C=O) groups is 3. The maximum Gasteiger partial charge on any atom is 0.306 e. The van der Waals surface area contributed by atoms with E-state index in [1.54, 1.807) is 12.2 Å². The van der Waals surface area contributed by atoms with Crippen molar-refractivity contribution >= 4 is 25.5 Å². The maximum absolute atomic E-state index is 12.7. The Kier molecular flexibility index (Phi) is 41.9. The summed E-state index contributed by atoms with van der Waals surface area (Å²) in [5.41, 5.74) is 0. The minimum absolute atomic E-state index is 0.0519. The Balaban J connectivity index is 4.34. The zero-order valence-corrected chi connectivity index (χ0v) is 41.9. The fourth-order valence-electron chi connectivity index (χ4n) is 6.84. The lowest BCUT2D eigenvalue weighted by Gasteiger charge is -2.28. The van der Waals surface area contributed by atoms with Gasteiger partial charge in [-0.25, -0.2) is 0 Å². The van der Waals surface area contributed by atoms with E-state index < -0.39 is 32.5 Å². The fraction of sp³-hybridized carbons (Fsp3) is 0.788. The van der Waals surface area contributed by atoms with Gasteiger partial charge in [0.25, 0.3) is 7.82 Å². The summed E-state index contributed by atoms with van der Waals surface area (Å²) in [6.45, 7) is 4.01. The first-order valence-electron chi connectivity index (χ1n) is 25.3. The summed E-state index contributed by atoms with van der Waals surface area (Å²) in [7, 11) is 1.10. The number of phosphoric acid groups is 1. The summed E-state index contributed by atoms with van der Waals surface area (Å²) < 4.78 is 33.9. The highest BCUT2D eigenvalue weighted by molar-refractivity contribution is 7.45. The van der Waals surface area contributed by atoms with Crippen LogP contribution in [0.25, 0.3) is 0 Å². The number of ketones is 1. The van der Waals surface area contributed by atoms with E-state index in [1.807, 2.05) is 45.4 Å². The van der Waals surface area contributed by atoms with Crippen LogP contribution in [0.15, 0.2) is 48.6 Å². The molecule has 0 amide bonds. The number of likely N-dealkylation sites (N-methyl/N-ethyl adjacent to an activating group) is 1. The van der Waals surface area contributed by atoms with Gasteiger partial charge >= 0.3 is 11.9 Å². The molecule has 0 N–H and O–H groups in total. The number of phosphoric ester groups is 1. The summed E-state index contributed by atoms with van der Waals surface area (Å²) in [6.07, 6.45) is 48.5. The standard InChI is InChI=1S/C52H94NO9P/c1-6-8-10-11-12-13-14-15-16-17-18-19-20-21-22-23-26-29-32-35-39-43-51(55)59-47-50(48-61-63(57,58)60-46-45-53(3,4)5)62-52(56)44-40-36-33-30-27-24-25-28-31-34-38-42-49(54)41-37-9-7-2/h24-25,30-31,33-34,38,42,50H,6-23,26-29,32,35-37,39-41,43-48H2,1-5H3/b25-24-,33-30-,34-31-,42-38+/t50-/m1/s1. The first kappa shape index (κ1) is 60.6. The quantitative estimate of drug-likeness (QED) is 0.0111. The van der Waals surface area contributed by atoms with Crippen molar-refractivity contribution in [3.05, 3.63) is 48.6 Å². The van der Waals surface area contributed by atoms with Crippen molar-refractivity contribution in [2.75, 3.05) is 47.5 Å². The molecule has 0 bridgehead atoms. The number of esters is 2. The van der Waals surface area contributed by atoms with Crippen molar-refractivity contribution in [2.45, 2.75) is 219 Å². The van der Waals surface area contributed by atoms with Crippen LogP contribution in [0, 0.1) is 0 Å². The molecule has 1 unspecified atom stereocenters. The van der Waals surface area contributed by atoms with Crippen LogP contribution in [-0.4, -0.2) is 75.8 Å². The van der Waals surface area contributed by atoms with E-state index in [4.69, 9.17) is 18.5 Å². The molecule has 0 rings (SSSR count). The molecule has 10 nitrogen and oxygen atoms in total. The Labute approximate surface area is 386 Å². The van der Waals surface area contributed by atoms with Gasteiger partial charge in [0.2, 0.25) is 0 Å². The minimum Gasteiger partial charge on any atom is -0.756 e. The number of ether oxygens (including phenoxy) is 2. The van der Waals surface area contributed by atoms with E-state index in [0.29, 0.717) is 30.3 Å². The first-order valence-corrected chi connectivity index (χ1v) is 26.8. The molecule has 0 aromatic rings. The number of hydrogen-bond donors (Lipinski definition) is 0. The normalized spacial score (nSPS) is 13.7. The molecule has 0 aliphatic carbocycles. The van der Waals surface area contributed by atoms with Crippen LogP contribution in [-0.2, 0) is 37.5 Å². The minimum atomic E-state index is -4.66. The van der Waals surface area contributed by atoms with Crippen molar-refractivity contribution < 1.29 is 46.8 Å². The van der Waals surface area contributed by atoms with Gasteiger partial charge in [-0.2, -0.15) is 0 Å². The van der Waals surface area contributed by atoms with E-state index in [2.05, 4.69) is 26.0 Å². The van der Waals surface area contributed by atoms with Crippen molar-refractivity contribution in [3.8, 4) is 0 Å². The molecule has 0 aromatic heterocycles. The molecule has 0 saturated heterocycles. The Bertz CT molecular complexity index is 1270. The second kappa shape index (κ2) is 43.5. The maximum atomic E-state index is 12.7. The number of quaternary nitrogens is 1. The molecule has 0 aliphatic rings. The van der Waals surface area contributed by atoms with Gasteiger partial charge in [0.15, 0.2) is 11.9 Å². The van der Waals surface area contributed by atoms with E-state index in [0.717, 1.165) is 51.4 Å². The molecule has 0 radical (unpaired) electrons. The number of nitrogens with zero attached hydrogens (tertiary/aromatic N) is 1. The van der Waals surface area contributed by atoms with Crippen LogP contribution in [0.4, 0.5) is 0 Å². The molecule has 0 spiro atoms. The number of unbranched alkanes of at least 4 members (excludes halogenated alkanes) is 23. The van der Waals surface area contributed by atoms with Gasteiger partial charge in [0.05, 0.1) is 27.7 Å². The van der Waals surface area contributed by atoms with Gasteiger partial charge in [0, 0.05) is 19.3 Å². The molecule has 2 atom stereocenters. The highest BCUT2D eigenvalue weighted by Gasteiger charge is 2.21. The zero-order chi connectivity index (χ0) is 46.5. The van der Waals surface area contributed by atoms with Crippen LogP contribution in [0.3, 0.4) is 0 Å². The third-order valence-electron chi connectivity index (χ3n) is 10.8. The summed E-state index contributed by atoms with van der Waals surface area (Å²) in [5.74, 6) is -0.761. The molecule has 11 heteroatoms. The van der Waals surface area contributed by atoms with Gasteiger partial charge < -0.3 is 27.9 Å². The number of hydrogen-bond acceptors (Lipinski definition) is 9. The predicted octanol–water partition coefficient (Wildman–Crippen LogP) is 13.6. The second-order valence-corrected chi connectivity index (χ2v) is 19.6. The molecule has 366 valence electrons. The molecular weight excluding hydrogens is 814 g/mol. The predicted molar refractivity (Wildman–Crippen MR) is 259 cm³/mol. The van der Waals surface area contributed by atoms with Gasteiger partial charge in [-0.1, -0.05) is 198 Å². The molecule has 0 heterocycles. The zero-order valence-electron chi connectivity index (χ0n) is 41.0. The smallest absolute Gasteiger partial charge is 0.306 e. The molecular formula is C52H94NO9P. The fourth-order valence-corrected chi connectivity index (χ4v) is 7.57. The second-order valence-electron chi connectivity index (χ2n) is 18.2. The Hall–Kier alpha value is -2.36. The van der Waals surface area contributed by atoms with Crippen LogP contribution in [0.2, 0.25) is 0 Å². The van der Waals surface area contributed by atoms with Crippen molar-refractivity contribution in [1.29, 1.82) is 0 Å². The summed E-state index contributed by atoms with van der Waals surface area (Å²) in [6, 6.07) is 0. The van der Waals surface area contributed by atoms with Gasteiger partial charge in [0.1, 0.15) is 19.8 Å². The lowest BCUT2D eigenvalue weighted by Crippen LogP contribution is -2.37. The topological polar surface area (TPSA) is 128 Å². The Morgan fingerprint density at radius 3 is 1.54 bits per heavy atom. The van der Waals surface area contributed by atoms with Crippen molar-refractivity contribution in [3.63, 3.8) is 0 Å². The average Bonchev–Trinajstić information content (AvgIpc) is 3.23. The SMILES string of the molecule is CCCCCCCCCCCCCCCCCCCCCCCC(=O)OC[C@H](COP(=O)([O-])OCC[N+](C)(C)C)OC(=O)CCC/C=C\C/C=C\C/C=C\C=C\C(=O)CCCCC. The number of allylic oxidation sites excluding steroid dienone is 8. The van der Waals surface area contributed by atoms with Crippen LogP contribution < -0.4 is 4.89 Å². The van der Waals surface area contributed by atoms with E-state index in [1.165, 1.54) is 116 Å². The summed E-state index contributed by atoms with van der Waals surface area (Å²) in [5, 5.41) is 0. The Morgan fingerprint density at radius 1 is 0.540 bits per heavy atom.